The van der Waals surface area contributed by atoms with Crippen LogP contribution in [0.4, 0.5) is 8.78 Å². The normalized spacial score (nSPS) is 17.5. The average Bonchev–Trinajstić information content (AvgIpc) is 2.96. The van der Waals surface area contributed by atoms with Gasteiger partial charge in [0.2, 0.25) is 12.8 Å². The van der Waals surface area contributed by atoms with E-state index >= 15 is 0 Å². The molecule has 46 heavy (non-hydrogen) atoms. The molecular weight excluding hydrogens is 646 g/mol. The number of amides is 1. The molecule has 12 nitrogen and oxygen atoms in total. The van der Waals surface area contributed by atoms with E-state index in [2.05, 4.69) is 5.32 Å². The fraction of sp³-hybridized carbons (Fsp3) is 0.567. The zero-order valence-corrected chi connectivity index (χ0v) is 28.8. The summed E-state index contributed by atoms with van der Waals surface area (Å²) in [6.45, 7) is 10.4. The lowest BCUT2D eigenvalue weighted by molar-refractivity contribution is 0.0435. The standard InChI is InChI=1S/C30H43F2N3O9P2/c1-7-42-45(6,40)14-12-34(13-15-46(41,43-8-2)44-9-3)24-19-35-18-22(26(36)27(37)25(35)28(38)30(24,4)5)29(39)33-17-20-10-11-21(31)16-23(20)32/h10-11,16,18,24,37H,7-9,12-15,17,19H2,1-6H3,(H,33,39). The first-order chi connectivity index (χ1) is 21.5. The van der Waals surface area contributed by atoms with Crippen LogP contribution >= 0.6 is 15.0 Å². The highest BCUT2D eigenvalue weighted by Crippen LogP contribution is 2.49. The Morgan fingerprint density at radius 2 is 1.67 bits per heavy atom. The van der Waals surface area contributed by atoms with Crippen molar-refractivity contribution in [3.05, 3.63) is 63.1 Å². The summed E-state index contributed by atoms with van der Waals surface area (Å²) in [5.74, 6) is -4.11. The molecule has 2 N–H and O–H groups in total. The van der Waals surface area contributed by atoms with Gasteiger partial charge in [0.25, 0.3) is 5.91 Å². The summed E-state index contributed by atoms with van der Waals surface area (Å²) in [5.41, 5.74) is -3.09. The Kier molecular flexibility index (Phi) is 12.7. The van der Waals surface area contributed by atoms with E-state index in [1.165, 1.54) is 11.2 Å². The Morgan fingerprint density at radius 3 is 2.26 bits per heavy atom. The number of nitrogens with one attached hydrogen (secondary N) is 1. The summed E-state index contributed by atoms with van der Waals surface area (Å²) in [6.07, 6.45) is 1.24. The van der Waals surface area contributed by atoms with Crippen LogP contribution in [0.1, 0.15) is 61.0 Å². The molecule has 0 radical (unpaired) electrons. The molecule has 0 fully saturated rings. The minimum atomic E-state index is -3.51. The maximum atomic E-state index is 14.1. The minimum Gasteiger partial charge on any atom is -0.503 e. The number of carbonyl (C=O) groups is 2. The van der Waals surface area contributed by atoms with Crippen LogP contribution in [-0.2, 0) is 35.8 Å². The summed E-state index contributed by atoms with van der Waals surface area (Å²) in [4.78, 5) is 41.9. The fourth-order valence-electron chi connectivity index (χ4n) is 5.45. The van der Waals surface area contributed by atoms with Crippen LogP contribution < -0.4 is 10.7 Å². The molecule has 2 aromatic rings. The van der Waals surface area contributed by atoms with E-state index in [4.69, 9.17) is 13.6 Å². The van der Waals surface area contributed by atoms with Crippen molar-refractivity contribution in [1.82, 2.24) is 14.8 Å². The SMILES string of the molecule is CCOP(C)(=O)CCN(CCP(=O)(OCC)OCC)C1Cn2cc(C(=O)NCc3ccc(F)cc3F)c(=O)c(O)c2C(=O)C1(C)C. The van der Waals surface area contributed by atoms with Crippen molar-refractivity contribution in [3.8, 4) is 5.75 Å². The number of nitrogens with zero attached hydrogens (tertiary/aromatic N) is 2. The van der Waals surface area contributed by atoms with Crippen LogP contribution in [0.5, 0.6) is 5.75 Å². The number of carbonyl (C=O) groups excluding carboxylic acids is 2. The van der Waals surface area contributed by atoms with Crippen molar-refractivity contribution in [2.24, 2.45) is 5.41 Å². The summed E-state index contributed by atoms with van der Waals surface area (Å²) in [5, 5.41) is 13.3. The molecule has 1 amide bonds. The van der Waals surface area contributed by atoms with Gasteiger partial charge in [0.05, 0.1) is 26.0 Å². The van der Waals surface area contributed by atoms with Crippen molar-refractivity contribution >= 4 is 26.7 Å². The first-order valence-electron chi connectivity index (χ1n) is 15.1. The van der Waals surface area contributed by atoms with Gasteiger partial charge in [-0.2, -0.15) is 0 Å². The molecule has 1 aromatic carbocycles. The van der Waals surface area contributed by atoms with E-state index in [0.717, 1.165) is 18.3 Å². The quantitative estimate of drug-likeness (QED) is 0.234. The largest absolute Gasteiger partial charge is 0.503 e. The Hall–Kier alpha value is -2.73. The number of aromatic hydroxyl groups is 1. The Labute approximate surface area is 267 Å². The third-order valence-electron chi connectivity index (χ3n) is 7.91. The van der Waals surface area contributed by atoms with Crippen LogP contribution in [0.2, 0.25) is 0 Å². The number of aromatic nitrogens is 1. The van der Waals surface area contributed by atoms with Crippen LogP contribution in [0.25, 0.3) is 0 Å². The molecule has 2 atom stereocenters. The second kappa shape index (κ2) is 15.4. The number of Topliss-reactive ketones (excluding diaryl/α,β-unsaturated/α-hetero) is 1. The average molecular weight is 690 g/mol. The van der Waals surface area contributed by atoms with Crippen LogP contribution in [0.3, 0.4) is 0 Å². The zero-order chi connectivity index (χ0) is 34.4. The number of rotatable bonds is 16. The maximum Gasteiger partial charge on any atom is 0.331 e. The number of benzene rings is 1. The van der Waals surface area contributed by atoms with Crippen molar-refractivity contribution in [3.63, 3.8) is 0 Å². The topological polar surface area (TPSA) is 153 Å². The van der Waals surface area contributed by atoms with Gasteiger partial charge >= 0.3 is 7.60 Å². The van der Waals surface area contributed by atoms with Gasteiger partial charge in [-0.15, -0.1) is 0 Å². The number of fused-ring (bicyclic) bond motifs is 1. The lowest BCUT2D eigenvalue weighted by atomic mass is 9.75. The third-order valence-corrected chi connectivity index (χ3v) is 11.8. The lowest BCUT2D eigenvalue weighted by Crippen LogP contribution is -2.56. The van der Waals surface area contributed by atoms with Gasteiger partial charge in [0, 0.05) is 68.3 Å². The number of halogens is 2. The number of pyridine rings is 1. The predicted molar refractivity (Wildman–Crippen MR) is 169 cm³/mol. The van der Waals surface area contributed by atoms with Gasteiger partial charge in [-0.1, -0.05) is 19.9 Å². The summed E-state index contributed by atoms with van der Waals surface area (Å²) >= 11 is 0. The molecule has 16 heteroatoms. The van der Waals surface area contributed by atoms with E-state index in [1.54, 1.807) is 34.6 Å². The number of hydrogen-bond donors (Lipinski definition) is 2. The summed E-state index contributed by atoms with van der Waals surface area (Å²) < 4.78 is 71.5. The highest BCUT2D eigenvalue weighted by molar-refractivity contribution is 7.58. The maximum absolute atomic E-state index is 14.1. The van der Waals surface area contributed by atoms with Crippen molar-refractivity contribution in [1.29, 1.82) is 0 Å². The van der Waals surface area contributed by atoms with E-state index in [0.29, 0.717) is 6.07 Å². The number of hydrogen-bond acceptors (Lipinski definition) is 10. The molecule has 3 rings (SSSR count). The minimum absolute atomic E-state index is 0.00497. The molecule has 0 aliphatic carbocycles. The molecule has 1 aliphatic heterocycles. The molecule has 1 aliphatic rings. The molecule has 0 bridgehead atoms. The fourth-order valence-corrected chi connectivity index (χ4v) is 8.37. The molecule has 2 unspecified atom stereocenters. The highest BCUT2D eigenvalue weighted by Gasteiger charge is 2.47. The molecule has 0 saturated carbocycles. The smallest absolute Gasteiger partial charge is 0.331 e. The molecular formula is C30H43F2N3O9P2. The second-order valence-electron chi connectivity index (χ2n) is 11.6. The van der Waals surface area contributed by atoms with E-state index in [1.807, 2.05) is 4.90 Å². The Morgan fingerprint density at radius 1 is 1.07 bits per heavy atom. The Bertz CT molecular complexity index is 1590. The van der Waals surface area contributed by atoms with Crippen LogP contribution in [0, 0.1) is 17.0 Å². The first kappa shape index (κ1) is 37.7. The lowest BCUT2D eigenvalue weighted by Gasteiger charge is -2.45. The van der Waals surface area contributed by atoms with Crippen LogP contribution in [0.15, 0.2) is 29.2 Å². The van der Waals surface area contributed by atoms with E-state index in [9.17, 15) is 37.4 Å². The van der Waals surface area contributed by atoms with Crippen molar-refractivity contribution in [2.75, 3.05) is 51.9 Å². The molecule has 2 heterocycles. The zero-order valence-electron chi connectivity index (χ0n) is 27.0. The van der Waals surface area contributed by atoms with Gasteiger partial charge in [-0.25, -0.2) is 8.78 Å². The van der Waals surface area contributed by atoms with Crippen molar-refractivity contribution in [2.45, 2.75) is 53.8 Å². The molecule has 1 aromatic heterocycles. The third kappa shape index (κ3) is 8.79. The first-order valence-corrected chi connectivity index (χ1v) is 19.0. The van der Waals surface area contributed by atoms with Crippen molar-refractivity contribution < 1.29 is 46.2 Å². The molecule has 0 spiro atoms. The number of ketones is 1. The second-order valence-corrected chi connectivity index (χ2v) is 16.5. The molecule has 256 valence electrons. The molecule has 0 saturated heterocycles. The predicted octanol–water partition coefficient (Wildman–Crippen LogP) is 4.87. The van der Waals surface area contributed by atoms with Crippen LogP contribution in [-0.4, -0.2) is 84.2 Å². The highest BCUT2D eigenvalue weighted by atomic mass is 31.2. The van der Waals surface area contributed by atoms with Gasteiger partial charge in [0.1, 0.15) is 22.9 Å². The Balaban J connectivity index is 2.00. The monoisotopic (exact) mass is 689 g/mol. The van der Waals surface area contributed by atoms with Gasteiger partial charge in [0.15, 0.2) is 11.5 Å². The van der Waals surface area contributed by atoms with Gasteiger partial charge in [-0.05, 0) is 26.8 Å². The van der Waals surface area contributed by atoms with E-state index < -0.39 is 66.5 Å². The van der Waals surface area contributed by atoms with Gasteiger partial charge < -0.3 is 28.6 Å². The summed E-state index contributed by atoms with van der Waals surface area (Å²) in [6, 6.07) is 2.18. The summed E-state index contributed by atoms with van der Waals surface area (Å²) in [7, 11) is -6.55. The van der Waals surface area contributed by atoms with Gasteiger partial charge in [-0.3, -0.25) is 28.4 Å². The van der Waals surface area contributed by atoms with E-state index in [-0.39, 0.29) is 69.6 Å².